The van der Waals surface area contributed by atoms with Crippen LogP contribution in [0.3, 0.4) is 0 Å². The molecule has 3 heteroatoms. The first-order valence-corrected chi connectivity index (χ1v) is 8.43. The van der Waals surface area contributed by atoms with E-state index in [2.05, 4.69) is 36.5 Å². The third-order valence-electron chi connectivity index (χ3n) is 4.98. The van der Waals surface area contributed by atoms with Gasteiger partial charge < -0.3 is 10.2 Å². The van der Waals surface area contributed by atoms with E-state index in [9.17, 15) is 4.79 Å². The lowest BCUT2D eigenvalue weighted by molar-refractivity contribution is -0.900. The fraction of sp³-hybridized carbons (Fsp3) is 0.611. The maximum atomic E-state index is 12.4. The largest absolute Gasteiger partial charge is 0.344 e. The van der Waals surface area contributed by atoms with Gasteiger partial charge >= 0.3 is 0 Å². The van der Waals surface area contributed by atoms with Crippen molar-refractivity contribution in [2.24, 2.45) is 5.92 Å². The van der Waals surface area contributed by atoms with Gasteiger partial charge in [-0.1, -0.05) is 31.2 Å². The van der Waals surface area contributed by atoms with E-state index in [1.807, 2.05) is 0 Å². The zero-order valence-corrected chi connectivity index (χ0v) is 13.0. The Morgan fingerprint density at radius 2 is 2.14 bits per heavy atom. The molecule has 3 nitrogen and oxygen atoms in total. The van der Waals surface area contributed by atoms with E-state index >= 15 is 0 Å². The smallest absolute Gasteiger partial charge is 0.275 e. The Morgan fingerprint density at radius 1 is 1.29 bits per heavy atom. The minimum Gasteiger partial charge on any atom is -0.344 e. The van der Waals surface area contributed by atoms with Gasteiger partial charge in [0.1, 0.15) is 0 Å². The minimum atomic E-state index is 0.223. The zero-order chi connectivity index (χ0) is 14.7. The van der Waals surface area contributed by atoms with Gasteiger partial charge in [-0.3, -0.25) is 4.79 Å². The summed E-state index contributed by atoms with van der Waals surface area (Å²) in [5, 5.41) is 3.28. The number of aryl methyl sites for hydroxylation is 1. The fourth-order valence-corrected chi connectivity index (χ4v) is 3.93. The zero-order valence-electron chi connectivity index (χ0n) is 13.0. The van der Waals surface area contributed by atoms with Crippen molar-refractivity contribution in [3.05, 3.63) is 35.4 Å². The minimum absolute atomic E-state index is 0.223. The number of piperidine rings is 1. The highest BCUT2D eigenvalue weighted by molar-refractivity contribution is 5.77. The van der Waals surface area contributed by atoms with Crippen LogP contribution in [0.1, 0.15) is 49.8 Å². The standard InChI is InChI=1S/C18H26N2O/c1-14-6-5-11-20(12-14)13-18(21)19-17-10-4-8-15-7-2-3-9-16(15)17/h2-3,7,9,14,17H,4-6,8,10-13H2,1H3,(H,19,21)/p+1/t14-,17+/m0/s1. The van der Waals surface area contributed by atoms with Gasteiger partial charge in [-0.25, -0.2) is 0 Å². The van der Waals surface area contributed by atoms with Crippen molar-refractivity contribution in [2.75, 3.05) is 19.6 Å². The number of nitrogens with one attached hydrogen (secondary N) is 2. The maximum Gasteiger partial charge on any atom is 0.275 e. The summed E-state index contributed by atoms with van der Waals surface area (Å²) in [6.45, 7) is 5.24. The van der Waals surface area contributed by atoms with E-state index < -0.39 is 0 Å². The van der Waals surface area contributed by atoms with Crippen molar-refractivity contribution in [1.82, 2.24) is 5.32 Å². The number of carbonyl (C=O) groups excluding carboxylic acids is 1. The highest BCUT2D eigenvalue weighted by atomic mass is 16.2. The van der Waals surface area contributed by atoms with Gasteiger partial charge in [0.2, 0.25) is 0 Å². The van der Waals surface area contributed by atoms with Gasteiger partial charge in [-0.2, -0.15) is 0 Å². The maximum absolute atomic E-state index is 12.4. The summed E-state index contributed by atoms with van der Waals surface area (Å²) in [6, 6.07) is 8.79. The quantitative estimate of drug-likeness (QED) is 0.868. The van der Waals surface area contributed by atoms with Crippen molar-refractivity contribution < 1.29 is 9.69 Å². The predicted molar refractivity (Wildman–Crippen MR) is 84.2 cm³/mol. The van der Waals surface area contributed by atoms with Gasteiger partial charge in [-0.15, -0.1) is 0 Å². The van der Waals surface area contributed by atoms with Crippen LogP contribution in [0.5, 0.6) is 0 Å². The topological polar surface area (TPSA) is 33.5 Å². The number of likely N-dealkylation sites (tertiary alicyclic amines) is 1. The average Bonchev–Trinajstić information content (AvgIpc) is 2.47. The molecule has 0 radical (unpaired) electrons. The molecule has 0 spiro atoms. The SMILES string of the molecule is C[C@H]1CCC[NH+](CC(=O)N[C@@H]2CCCc3ccccc32)C1. The molecule has 1 amide bonds. The molecule has 0 aromatic heterocycles. The predicted octanol–water partition coefficient (Wildman–Crippen LogP) is 1.49. The second kappa shape index (κ2) is 6.61. The summed E-state index contributed by atoms with van der Waals surface area (Å²) in [7, 11) is 0. The molecule has 3 atom stereocenters. The first-order valence-electron chi connectivity index (χ1n) is 8.43. The van der Waals surface area contributed by atoms with Gasteiger partial charge in [0.15, 0.2) is 6.54 Å². The highest BCUT2D eigenvalue weighted by Crippen LogP contribution is 2.29. The van der Waals surface area contributed by atoms with Crippen molar-refractivity contribution in [2.45, 2.75) is 45.1 Å². The average molecular weight is 287 g/mol. The molecule has 1 heterocycles. The van der Waals surface area contributed by atoms with Crippen LogP contribution in [0.2, 0.25) is 0 Å². The van der Waals surface area contributed by atoms with Crippen LogP contribution in [-0.2, 0) is 11.2 Å². The summed E-state index contributed by atoms with van der Waals surface area (Å²) in [6.07, 6.45) is 5.98. The molecule has 1 unspecified atom stereocenters. The van der Waals surface area contributed by atoms with Crippen LogP contribution in [0, 0.1) is 5.92 Å². The van der Waals surface area contributed by atoms with Crippen molar-refractivity contribution in [1.29, 1.82) is 0 Å². The monoisotopic (exact) mass is 287 g/mol. The molecule has 21 heavy (non-hydrogen) atoms. The summed E-state index contributed by atoms with van der Waals surface area (Å²) in [5.74, 6) is 0.984. The Kier molecular flexibility index (Phi) is 4.59. The molecular formula is C18H27N2O+. The molecule has 1 saturated heterocycles. The van der Waals surface area contributed by atoms with Gasteiger partial charge in [-0.05, 0) is 43.2 Å². The van der Waals surface area contributed by atoms with Crippen LogP contribution in [-0.4, -0.2) is 25.5 Å². The van der Waals surface area contributed by atoms with Crippen molar-refractivity contribution in [3.63, 3.8) is 0 Å². The number of quaternary nitrogens is 1. The Hall–Kier alpha value is -1.35. The fourth-order valence-electron chi connectivity index (χ4n) is 3.93. The van der Waals surface area contributed by atoms with Gasteiger partial charge in [0, 0.05) is 5.92 Å². The van der Waals surface area contributed by atoms with Gasteiger partial charge in [0.25, 0.3) is 5.91 Å². The van der Waals surface area contributed by atoms with E-state index in [-0.39, 0.29) is 11.9 Å². The lowest BCUT2D eigenvalue weighted by atomic mass is 9.88. The van der Waals surface area contributed by atoms with Crippen molar-refractivity contribution in [3.8, 4) is 0 Å². The molecule has 2 N–H and O–H groups in total. The number of carbonyl (C=O) groups is 1. The number of hydrogen-bond donors (Lipinski definition) is 2. The number of fused-ring (bicyclic) bond motifs is 1. The molecule has 1 aliphatic heterocycles. The van der Waals surface area contributed by atoms with E-state index in [1.54, 1.807) is 0 Å². The molecule has 1 aromatic rings. The van der Waals surface area contributed by atoms with Crippen LogP contribution >= 0.6 is 0 Å². The third kappa shape index (κ3) is 3.65. The molecule has 1 aromatic carbocycles. The van der Waals surface area contributed by atoms with Gasteiger partial charge in [0.05, 0.1) is 19.1 Å². The highest BCUT2D eigenvalue weighted by Gasteiger charge is 2.25. The second-order valence-electron chi connectivity index (χ2n) is 6.84. The summed E-state index contributed by atoms with van der Waals surface area (Å²) in [5.41, 5.74) is 2.74. The number of hydrogen-bond acceptors (Lipinski definition) is 1. The lowest BCUT2D eigenvalue weighted by Crippen LogP contribution is -3.14. The first kappa shape index (κ1) is 14.6. The Balaban J connectivity index is 1.58. The van der Waals surface area contributed by atoms with E-state index in [0.717, 1.165) is 31.8 Å². The van der Waals surface area contributed by atoms with Crippen LogP contribution in [0.25, 0.3) is 0 Å². The Labute approximate surface area is 127 Å². The summed E-state index contributed by atoms with van der Waals surface area (Å²) in [4.78, 5) is 13.8. The van der Waals surface area contributed by atoms with Crippen LogP contribution in [0.15, 0.2) is 24.3 Å². The lowest BCUT2D eigenvalue weighted by Gasteiger charge is -2.29. The van der Waals surface area contributed by atoms with Crippen LogP contribution in [0.4, 0.5) is 0 Å². The van der Waals surface area contributed by atoms with Crippen LogP contribution < -0.4 is 10.2 Å². The summed E-state index contributed by atoms with van der Waals surface area (Å²) < 4.78 is 0. The molecule has 114 valence electrons. The number of rotatable bonds is 3. The third-order valence-corrected chi connectivity index (χ3v) is 4.98. The normalized spacial score (nSPS) is 28.7. The molecule has 1 aliphatic carbocycles. The molecule has 0 bridgehead atoms. The molecule has 2 aliphatic rings. The Morgan fingerprint density at radius 3 is 3.00 bits per heavy atom. The summed E-state index contributed by atoms with van der Waals surface area (Å²) >= 11 is 0. The Bertz CT molecular complexity index is 500. The second-order valence-corrected chi connectivity index (χ2v) is 6.84. The molecular weight excluding hydrogens is 260 g/mol. The number of benzene rings is 1. The van der Waals surface area contributed by atoms with E-state index in [0.29, 0.717) is 6.54 Å². The molecule has 1 fully saturated rings. The molecule has 3 rings (SSSR count). The van der Waals surface area contributed by atoms with Crippen molar-refractivity contribution >= 4 is 5.91 Å². The molecule has 0 saturated carbocycles. The first-order chi connectivity index (χ1) is 10.2. The number of amides is 1. The van der Waals surface area contributed by atoms with E-state index in [4.69, 9.17) is 0 Å². The van der Waals surface area contributed by atoms with E-state index in [1.165, 1.54) is 35.3 Å².